The van der Waals surface area contributed by atoms with Gasteiger partial charge in [0.15, 0.2) is 5.69 Å². The lowest BCUT2D eigenvalue weighted by molar-refractivity contribution is 0.0722. The Morgan fingerprint density at radius 3 is 2.90 bits per heavy atom. The van der Waals surface area contributed by atoms with E-state index in [9.17, 15) is 4.79 Å². The molecule has 20 heavy (non-hydrogen) atoms. The quantitative estimate of drug-likeness (QED) is 0.823. The third-order valence-corrected chi connectivity index (χ3v) is 3.62. The minimum atomic E-state index is -0.0833. The minimum Gasteiger partial charge on any atom is -0.331 e. The van der Waals surface area contributed by atoms with Crippen LogP contribution in [0.5, 0.6) is 0 Å². The van der Waals surface area contributed by atoms with Crippen molar-refractivity contribution in [2.45, 2.75) is 38.8 Å². The van der Waals surface area contributed by atoms with Gasteiger partial charge in [-0.05, 0) is 39.8 Å². The second-order valence-corrected chi connectivity index (χ2v) is 5.40. The van der Waals surface area contributed by atoms with Crippen molar-refractivity contribution in [2.75, 3.05) is 19.6 Å². The summed E-state index contributed by atoms with van der Waals surface area (Å²) in [5, 5.41) is 11.5. The summed E-state index contributed by atoms with van der Waals surface area (Å²) in [6.07, 6.45) is 5.56. The van der Waals surface area contributed by atoms with E-state index in [0.29, 0.717) is 18.3 Å². The second-order valence-electron chi connectivity index (χ2n) is 5.40. The van der Waals surface area contributed by atoms with Gasteiger partial charge in [0.2, 0.25) is 0 Å². The van der Waals surface area contributed by atoms with E-state index in [-0.39, 0.29) is 11.9 Å². The monoisotopic (exact) mass is 277 g/mol. The lowest BCUT2D eigenvalue weighted by atomic mass is 10.1. The van der Waals surface area contributed by atoms with Gasteiger partial charge in [-0.25, -0.2) is 4.68 Å². The molecule has 0 saturated carbocycles. The lowest BCUT2D eigenvalue weighted by Gasteiger charge is -2.24. The number of piperidine rings is 1. The first-order chi connectivity index (χ1) is 9.63. The van der Waals surface area contributed by atoms with Gasteiger partial charge < -0.3 is 10.2 Å². The van der Waals surface area contributed by atoms with E-state index < -0.39 is 0 Å². The van der Waals surface area contributed by atoms with Crippen LogP contribution >= 0.6 is 0 Å². The molecule has 1 saturated heterocycles. The van der Waals surface area contributed by atoms with Crippen molar-refractivity contribution in [1.82, 2.24) is 25.2 Å². The molecular formula is C14H23N5O. The van der Waals surface area contributed by atoms with Crippen molar-refractivity contribution in [3.8, 4) is 0 Å². The Bertz CT molecular complexity index is 462. The van der Waals surface area contributed by atoms with E-state index in [0.717, 1.165) is 25.9 Å². The molecular weight excluding hydrogens is 254 g/mol. The molecule has 0 bridgehead atoms. The first-order valence-electron chi connectivity index (χ1n) is 7.18. The van der Waals surface area contributed by atoms with Crippen LogP contribution in [0.15, 0.2) is 18.9 Å². The number of hydrogen-bond acceptors (Lipinski definition) is 4. The zero-order valence-electron chi connectivity index (χ0n) is 12.2. The molecule has 1 amide bonds. The second kappa shape index (κ2) is 6.65. The molecule has 2 heterocycles. The van der Waals surface area contributed by atoms with Crippen molar-refractivity contribution in [2.24, 2.45) is 0 Å². The van der Waals surface area contributed by atoms with Crippen molar-refractivity contribution in [3.63, 3.8) is 0 Å². The van der Waals surface area contributed by atoms with Crippen molar-refractivity contribution in [3.05, 3.63) is 24.5 Å². The highest BCUT2D eigenvalue weighted by Crippen LogP contribution is 2.17. The van der Waals surface area contributed by atoms with E-state index in [4.69, 9.17) is 0 Å². The fourth-order valence-electron chi connectivity index (χ4n) is 2.44. The van der Waals surface area contributed by atoms with E-state index >= 15 is 0 Å². The topological polar surface area (TPSA) is 63.1 Å². The first-order valence-corrected chi connectivity index (χ1v) is 7.18. The Labute approximate surface area is 119 Å². The summed E-state index contributed by atoms with van der Waals surface area (Å²) in [4.78, 5) is 14.2. The van der Waals surface area contributed by atoms with E-state index in [2.05, 4.69) is 22.2 Å². The van der Waals surface area contributed by atoms with Crippen LogP contribution in [0, 0.1) is 0 Å². The normalized spacial score (nSPS) is 16.4. The van der Waals surface area contributed by atoms with Gasteiger partial charge in [-0.3, -0.25) is 4.79 Å². The van der Waals surface area contributed by atoms with Crippen molar-refractivity contribution < 1.29 is 4.79 Å². The van der Waals surface area contributed by atoms with Crippen LogP contribution in [0.4, 0.5) is 0 Å². The van der Waals surface area contributed by atoms with Crippen LogP contribution in [-0.4, -0.2) is 51.5 Å². The Hall–Kier alpha value is -1.69. The molecule has 0 unspecified atom stereocenters. The van der Waals surface area contributed by atoms with Crippen LogP contribution in [0.3, 0.4) is 0 Å². The maximum absolute atomic E-state index is 12.4. The summed E-state index contributed by atoms with van der Waals surface area (Å²) in [5.41, 5.74) is 0.416. The summed E-state index contributed by atoms with van der Waals surface area (Å²) in [5.74, 6) is -0.0833. The summed E-state index contributed by atoms with van der Waals surface area (Å²) in [6.45, 7) is 10.2. The summed E-state index contributed by atoms with van der Waals surface area (Å²) in [7, 11) is 0. The SMILES string of the molecule is C=CCN(C(=O)c1cn(C2CCNCC2)nn1)C(C)C. The first kappa shape index (κ1) is 14.7. The van der Waals surface area contributed by atoms with Gasteiger partial charge in [0.1, 0.15) is 0 Å². The molecule has 0 atom stereocenters. The maximum Gasteiger partial charge on any atom is 0.276 e. The van der Waals surface area contributed by atoms with Gasteiger partial charge in [-0.1, -0.05) is 11.3 Å². The zero-order chi connectivity index (χ0) is 14.5. The van der Waals surface area contributed by atoms with Crippen LogP contribution in [0.1, 0.15) is 43.2 Å². The predicted octanol–water partition coefficient (Wildman–Crippen LogP) is 1.24. The third kappa shape index (κ3) is 3.25. The number of rotatable bonds is 5. The molecule has 6 nitrogen and oxygen atoms in total. The number of amides is 1. The summed E-state index contributed by atoms with van der Waals surface area (Å²) >= 11 is 0. The Morgan fingerprint density at radius 2 is 2.30 bits per heavy atom. The smallest absolute Gasteiger partial charge is 0.276 e. The number of carbonyl (C=O) groups is 1. The maximum atomic E-state index is 12.4. The van der Waals surface area contributed by atoms with Crippen LogP contribution in [-0.2, 0) is 0 Å². The standard InChI is InChI=1S/C14H23N5O/c1-4-9-18(11(2)3)14(20)13-10-19(17-16-13)12-5-7-15-8-6-12/h4,10-12,15H,1,5-9H2,2-3H3. The van der Waals surface area contributed by atoms with E-state index in [1.54, 1.807) is 17.2 Å². The third-order valence-electron chi connectivity index (χ3n) is 3.62. The highest BCUT2D eigenvalue weighted by atomic mass is 16.2. The molecule has 6 heteroatoms. The Kier molecular flexibility index (Phi) is 4.89. The highest BCUT2D eigenvalue weighted by Gasteiger charge is 2.23. The van der Waals surface area contributed by atoms with Gasteiger partial charge in [-0.2, -0.15) is 0 Å². The van der Waals surface area contributed by atoms with Crippen molar-refractivity contribution in [1.29, 1.82) is 0 Å². The molecule has 1 aromatic rings. The van der Waals surface area contributed by atoms with Crippen LogP contribution < -0.4 is 5.32 Å². The van der Waals surface area contributed by atoms with E-state index in [1.807, 2.05) is 18.5 Å². The van der Waals surface area contributed by atoms with Gasteiger partial charge in [0.05, 0.1) is 12.2 Å². The van der Waals surface area contributed by atoms with Gasteiger partial charge in [0, 0.05) is 12.6 Å². The number of aromatic nitrogens is 3. The number of nitrogens with one attached hydrogen (secondary N) is 1. The Morgan fingerprint density at radius 1 is 1.60 bits per heavy atom. The molecule has 0 radical (unpaired) electrons. The molecule has 1 aliphatic rings. The van der Waals surface area contributed by atoms with Gasteiger partial charge in [-0.15, -0.1) is 11.7 Å². The molecule has 0 aromatic carbocycles. The average Bonchev–Trinajstić information content (AvgIpc) is 2.94. The summed E-state index contributed by atoms with van der Waals surface area (Å²) in [6, 6.07) is 0.460. The highest BCUT2D eigenvalue weighted by molar-refractivity contribution is 5.92. The minimum absolute atomic E-state index is 0.0833. The fraction of sp³-hybridized carbons (Fsp3) is 0.643. The number of nitrogens with zero attached hydrogens (tertiary/aromatic N) is 4. The molecule has 1 aromatic heterocycles. The molecule has 0 aliphatic carbocycles. The molecule has 110 valence electrons. The molecule has 1 aliphatic heterocycles. The van der Waals surface area contributed by atoms with Crippen LogP contribution in [0.2, 0.25) is 0 Å². The lowest BCUT2D eigenvalue weighted by Crippen LogP contribution is -2.37. The van der Waals surface area contributed by atoms with Crippen LogP contribution in [0.25, 0.3) is 0 Å². The largest absolute Gasteiger partial charge is 0.331 e. The molecule has 1 fully saturated rings. The number of carbonyl (C=O) groups excluding carboxylic acids is 1. The van der Waals surface area contributed by atoms with E-state index in [1.165, 1.54) is 0 Å². The Balaban J connectivity index is 2.10. The van der Waals surface area contributed by atoms with Crippen molar-refractivity contribution >= 4 is 5.91 Å². The average molecular weight is 277 g/mol. The zero-order valence-corrected chi connectivity index (χ0v) is 12.2. The number of hydrogen-bond donors (Lipinski definition) is 1. The fourth-order valence-corrected chi connectivity index (χ4v) is 2.44. The van der Waals surface area contributed by atoms with Gasteiger partial charge >= 0.3 is 0 Å². The summed E-state index contributed by atoms with van der Waals surface area (Å²) < 4.78 is 1.83. The predicted molar refractivity (Wildman–Crippen MR) is 77.5 cm³/mol. The van der Waals surface area contributed by atoms with Gasteiger partial charge in [0.25, 0.3) is 5.91 Å². The molecule has 1 N–H and O–H groups in total. The molecule has 2 rings (SSSR count). The molecule has 0 spiro atoms.